The van der Waals surface area contributed by atoms with Gasteiger partial charge >= 0.3 is 0 Å². The number of halogens is 1. The van der Waals surface area contributed by atoms with Crippen LogP contribution in [0.1, 0.15) is 16.7 Å². The molecule has 2 aromatic rings. The summed E-state index contributed by atoms with van der Waals surface area (Å²) in [7, 11) is 0. The van der Waals surface area contributed by atoms with Gasteiger partial charge in [0.2, 0.25) is 0 Å². The molecule has 0 fully saturated rings. The van der Waals surface area contributed by atoms with E-state index in [1.165, 1.54) is 5.56 Å². The molecule has 0 aliphatic heterocycles. The predicted molar refractivity (Wildman–Crippen MR) is 77.7 cm³/mol. The van der Waals surface area contributed by atoms with Gasteiger partial charge in [0, 0.05) is 4.47 Å². The highest BCUT2D eigenvalue weighted by atomic mass is 79.9. The van der Waals surface area contributed by atoms with Gasteiger partial charge in [-0.1, -0.05) is 57.5 Å². The molecule has 0 bridgehead atoms. The number of hydrogen-bond donors (Lipinski definition) is 0. The molecule has 0 N–H and O–H groups in total. The molecule has 92 valence electrons. The van der Waals surface area contributed by atoms with Crippen LogP contribution in [0.3, 0.4) is 0 Å². The van der Waals surface area contributed by atoms with Gasteiger partial charge in [-0.15, -0.1) is 0 Å². The molecule has 0 aliphatic rings. The highest BCUT2D eigenvalue weighted by Gasteiger charge is 1.95. The summed E-state index contributed by atoms with van der Waals surface area (Å²) in [5.41, 5.74) is 3.39. The summed E-state index contributed by atoms with van der Waals surface area (Å²) in [5, 5.41) is 3.97. The average molecular weight is 304 g/mol. The summed E-state index contributed by atoms with van der Waals surface area (Å²) >= 11 is 3.39. The first-order valence-corrected chi connectivity index (χ1v) is 6.50. The van der Waals surface area contributed by atoms with Gasteiger partial charge in [0.05, 0.1) is 6.21 Å². The Morgan fingerprint density at radius 3 is 2.56 bits per heavy atom. The van der Waals surface area contributed by atoms with E-state index >= 15 is 0 Å². The molecule has 18 heavy (non-hydrogen) atoms. The van der Waals surface area contributed by atoms with Gasteiger partial charge in [-0.25, -0.2) is 0 Å². The van der Waals surface area contributed by atoms with Crippen LogP contribution < -0.4 is 0 Å². The topological polar surface area (TPSA) is 21.6 Å². The zero-order valence-electron chi connectivity index (χ0n) is 10.1. The smallest absolute Gasteiger partial charge is 0.142 e. The number of hydrogen-bond acceptors (Lipinski definition) is 2. The highest BCUT2D eigenvalue weighted by Crippen LogP contribution is 2.10. The fraction of sp³-hybridized carbons (Fsp3) is 0.133. The van der Waals surface area contributed by atoms with Crippen molar-refractivity contribution in [1.29, 1.82) is 0 Å². The quantitative estimate of drug-likeness (QED) is 0.609. The Morgan fingerprint density at radius 2 is 1.83 bits per heavy atom. The monoisotopic (exact) mass is 303 g/mol. The van der Waals surface area contributed by atoms with Gasteiger partial charge in [-0.3, -0.25) is 0 Å². The molecule has 0 radical (unpaired) electrons. The lowest BCUT2D eigenvalue weighted by atomic mass is 10.1. The summed E-state index contributed by atoms with van der Waals surface area (Å²) in [5.74, 6) is 0. The van der Waals surface area contributed by atoms with Crippen LogP contribution in [0.25, 0.3) is 0 Å². The zero-order chi connectivity index (χ0) is 12.8. The molecule has 0 unspecified atom stereocenters. The largest absolute Gasteiger partial charge is 0.391 e. The summed E-state index contributed by atoms with van der Waals surface area (Å²) in [6.07, 6.45) is 1.71. The summed E-state index contributed by atoms with van der Waals surface area (Å²) in [6, 6.07) is 16.0. The van der Waals surface area contributed by atoms with Gasteiger partial charge in [0.25, 0.3) is 0 Å². The van der Waals surface area contributed by atoms with Crippen molar-refractivity contribution in [1.82, 2.24) is 0 Å². The van der Waals surface area contributed by atoms with Gasteiger partial charge in [-0.2, -0.15) is 0 Å². The number of aryl methyl sites for hydroxylation is 1. The van der Waals surface area contributed by atoms with Crippen molar-refractivity contribution in [3.05, 3.63) is 69.7 Å². The van der Waals surface area contributed by atoms with Gasteiger partial charge in [-0.05, 0) is 35.7 Å². The Hall–Kier alpha value is -1.61. The Balaban J connectivity index is 1.89. The fourth-order valence-corrected chi connectivity index (χ4v) is 1.79. The first-order chi connectivity index (χ1) is 8.75. The fourth-order valence-electron chi connectivity index (χ4n) is 1.53. The lowest BCUT2D eigenvalue weighted by Gasteiger charge is -2.03. The maximum absolute atomic E-state index is 5.29. The molecule has 0 heterocycles. The molecule has 0 saturated heterocycles. The normalized spacial score (nSPS) is 10.8. The van der Waals surface area contributed by atoms with Crippen molar-refractivity contribution in [2.75, 3.05) is 0 Å². The number of rotatable bonds is 4. The molecule has 0 saturated carbocycles. The summed E-state index contributed by atoms with van der Waals surface area (Å²) in [6.45, 7) is 2.57. The minimum absolute atomic E-state index is 0.500. The van der Waals surface area contributed by atoms with Crippen molar-refractivity contribution in [3.63, 3.8) is 0 Å². The molecule has 0 aliphatic carbocycles. The van der Waals surface area contributed by atoms with Crippen LogP contribution in [0.15, 0.2) is 58.2 Å². The standard InChI is InChI=1S/C15H14BrNO/c1-12-4-2-3-5-14(12)11-18-17-10-13-6-8-15(16)9-7-13/h2-10H,11H2,1H3. The SMILES string of the molecule is Cc1ccccc1CON=Cc1ccc(Br)cc1. The number of benzene rings is 2. The second-order valence-electron chi connectivity index (χ2n) is 3.99. The van der Waals surface area contributed by atoms with E-state index in [4.69, 9.17) is 4.84 Å². The third kappa shape index (κ3) is 3.70. The van der Waals surface area contributed by atoms with Gasteiger partial charge < -0.3 is 4.84 Å². The van der Waals surface area contributed by atoms with E-state index in [9.17, 15) is 0 Å². The zero-order valence-corrected chi connectivity index (χ0v) is 11.7. The second-order valence-corrected chi connectivity index (χ2v) is 4.90. The van der Waals surface area contributed by atoms with E-state index in [2.05, 4.69) is 34.1 Å². The molecule has 2 nitrogen and oxygen atoms in total. The van der Waals surface area contributed by atoms with E-state index in [0.29, 0.717) is 6.61 Å². The molecule has 2 aromatic carbocycles. The van der Waals surface area contributed by atoms with E-state index in [1.54, 1.807) is 6.21 Å². The molecule has 0 spiro atoms. The van der Waals surface area contributed by atoms with Gasteiger partial charge in [0.15, 0.2) is 0 Å². The van der Waals surface area contributed by atoms with Crippen LogP contribution in [0.2, 0.25) is 0 Å². The van der Waals surface area contributed by atoms with Crippen molar-refractivity contribution < 1.29 is 4.84 Å². The van der Waals surface area contributed by atoms with E-state index in [-0.39, 0.29) is 0 Å². The van der Waals surface area contributed by atoms with Crippen LogP contribution in [-0.2, 0) is 11.4 Å². The first kappa shape index (κ1) is 12.8. The van der Waals surface area contributed by atoms with Crippen LogP contribution >= 0.6 is 15.9 Å². The van der Waals surface area contributed by atoms with E-state index in [1.807, 2.05) is 42.5 Å². The molecular weight excluding hydrogens is 290 g/mol. The third-order valence-electron chi connectivity index (χ3n) is 2.63. The van der Waals surface area contributed by atoms with Gasteiger partial charge in [0.1, 0.15) is 6.61 Å². The van der Waals surface area contributed by atoms with Crippen LogP contribution in [0.4, 0.5) is 0 Å². The number of oxime groups is 1. The molecule has 0 atom stereocenters. The third-order valence-corrected chi connectivity index (χ3v) is 3.16. The Kier molecular flexibility index (Phi) is 4.53. The lowest BCUT2D eigenvalue weighted by Crippen LogP contribution is -1.91. The maximum Gasteiger partial charge on any atom is 0.142 e. The van der Waals surface area contributed by atoms with Crippen molar-refractivity contribution in [2.45, 2.75) is 13.5 Å². The second kappa shape index (κ2) is 6.36. The average Bonchev–Trinajstić information content (AvgIpc) is 2.39. The molecule has 0 amide bonds. The Labute approximate surface area is 115 Å². The number of nitrogens with zero attached hydrogens (tertiary/aromatic N) is 1. The minimum atomic E-state index is 0.500. The lowest BCUT2D eigenvalue weighted by molar-refractivity contribution is 0.131. The summed E-state index contributed by atoms with van der Waals surface area (Å²) < 4.78 is 1.06. The Morgan fingerprint density at radius 1 is 1.11 bits per heavy atom. The van der Waals surface area contributed by atoms with Crippen molar-refractivity contribution in [3.8, 4) is 0 Å². The molecule has 0 aromatic heterocycles. The van der Waals surface area contributed by atoms with Crippen LogP contribution in [0, 0.1) is 6.92 Å². The molecule has 2 rings (SSSR count). The summed E-state index contributed by atoms with van der Waals surface area (Å²) in [4.78, 5) is 5.29. The van der Waals surface area contributed by atoms with E-state index < -0.39 is 0 Å². The molecular formula is C15H14BrNO. The first-order valence-electron chi connectivity index (χ1n) is 5.71. The molecule has 3 heteroatoms. The Bertz CT molecular complexity index is 534. The van der Waals surface area contributed by atoms with Crippen molar-refractivity contribution in [2.24, 2.45) is 5.16 Å². The van der Waals surface area contributed by atoms with Crippen LogP contribution in [-0.4, -0.2) is 6.21 Å². The van der Waals surface area contributed by atoms with E-state index in [0.717, 1.165) is 15.6 Å². The minimum Gasteiger partial charge on any atom is -0.391 e. The van der Waals surface area contributed by atoms with Crippen LogP contribution in [0.5, 0.6) is 0 Å². The van der Waals surface area contributed by atoms with Crippen molar-refractivity contribution >= 4 is 22.1 Å². The predicted octanol–water partition coefficient (Wildman–Crippen LogP) is 4.31. The maximum atomic E-state index is 5.29. The highest BCUT2D eigenvalue weighted by molar-refractivity contribution is 9.10.